The smallest absolute Gasteiger partial charge is 0.405 e. The van der Waals surface area contributed by atoms with Crippen molar-refractivity contribution in [2.24, 2.45) is 5.73 Å². The molecule has 0 heterocycles. The molecule has 0 aliphatic rings. The number of hydrogen-bond donors (Lipinski definition) is 1. The molecule has 3 nitrogen and oxygen atoms in total. The SMILES string of the molecule is CN(C)c1ccc(CN)c(OC(F)(F)F)c1. The monoisotopic (exact) mass is 234 g/mol. The van der Waals surface area contributed by atoms with Gasteiger partial charge in [-0.15, -0.1) is 13.2 Å². The van der Waals surface area contributed by atoms with Crippen molar-refractivity contribution in [3.05, 3.63) is 23.8 Å². The lowest BCUT2D eigenvalue weighted by Gasteiger charge is -2.17. The fourth-order valence-corrected chi connectivity index (χ4v) is 1.21. The van der Waals surface area contributed by atoms with Crippen molar-refractivity contribution in [3.8, 4) is 5.75 Å². The van der Waals surface area contributed by atoms with Crippen LogP contribution in [0.5, 0.6) is 5.75 Å². The van der Waals surface area contributed by atoms with Gasteiger partial charge in [0.05, 0.1) is 0 Å². The van der Waals surface area contributed by atoms with Crippen molar-refractivity contribution in [3.63, 3.8) is 0 Å². The second-order valence-electron chi connectivity index (χ2n) is 3.44. The molecule has 0 saturated heterocycles. The van der Waals surface area contributed by atoms with E-state index in [0.29, 0.717) is 11.3 Å². The molecular weight excluding hydrogens is 221 g/mol. The van der Waals surface area contributed by atoms with Gasteiger partial charge in [-0.3, -0.25) is 0 Å². The van der Waals surface area contributed by atoms with E-state index < -0.39 is 6.36 Å². The van der Waals surface area contributed by atoms with Crippen molar-refractivity contribution < 1.29 is 17.9 Å². The molecule has 0 fully saturated rings. The van der Waals surface area contributed by atoms with Crippen LogP contribution in [0, 0.1) is 0 Å². The number of benzene rings is 1. The standard InChI is InChI=1S/C10H13F3N2O/c1-15(2)8-4-3-7(6-14)9(5-8)16-10(11,12)13/h3-5H,6,14H2,1-2H3. The molecule has 0 spiro atoms. The zero-order valence-electron chi connectivity index (χ0n) is 9.01. The van der Waals surface area contributed by atoms with Crippen LogP contribution in [-0.2, 0) is 6.54 Å². The summed E-state index contributed by atoms with van der Waals surface area (Å²) < 4.78 is 40.2. The van der Waals surface area contributed by atoms with Gasteiger partial charge in [-0.1, -0.05) is 6.07 Å². The molecule has 0 saturated carbocycles. The van der Waals surface area contributed by atoms with Gasteiger partial charge in [0, 0.05) is 38.0 Å². The molecule has 1 aromatic rings. The van der Waals surface area contributed by atoms with E-state index in [-0.39, 0.29) is 12.3 Å². The van der Waals surface area contributed by atoms with Crippen LogP contribution in [0.15, 0.2) is 18.2 Å². The third-order valence-corrected chi connectivity index (χ3v) is 2.01. The molecule has 16 heavy (non-hydrogen) atoms. The van der Waals surface area contributed by atoms with E-state index in [1.807, 2.05) is 0 Å². The number of nitrogens with two attached hydrogens (primary N) is 1. The van der Waals surface area contributed by atoms with Crippen LogP contribution < -0.4 is 15.4 Å². The zero-order valence-corrected chi connectivity index (χ0v) is 9.01. The summed E-state index contributed by atoms with van der Waals surface area (Å²) in [5, 5.41) is 0. The first-order valence-corrected chi connectivity index (χ1v) is 4.59. The van der Waals surface area contributed by atoms with Crippen LogP contribution in [-0.4, -0.2) is 20.5 Å². The average molecular weight is 234 g/mol. The fraction of sp³-hybridized carbons (Fsp3) is 0.400. The van der Waals surface area contributed by atoms with Gasteiger partial charge in [0.2, 0.25) is 0 Å². The van der Waals surface area contributed by atoms with Gasteiger partial charge < -0.3 is 15.4 Å². The molecule has 6 heteroatoms. The molecular formula is C10H13F3N2O. The first-order valence-electron chi connectivity index (χ1n) is 4.59. The van der Waals surface area contributed by atoms with E-state index in [1.54, 1.807) is 25.1 Å². The van der Waals surface area contributed by atoms with E-state index >= 15 is 0 Å². The summed E-state index contributed by atoms with van der Waals surface area (Å²) in [5.74, 6) is -0.249. The summed E-state index contributed by atoms with van der Waals surface area (Å²) in [5.41, 5.74) is 6.28. The van der Waals surface area contributed by atoms with Gasteiger partial charge in [0.15, 0.2) is 0 Å². The summed E-state index contributed by atoms with van der Waals surface area (Å²) in [6.45, 7) is -0.000871. The Kier molecular flexibility index (Phi) is 3.64. The Morgan fingerprint density at radius 3 is 2.38 bits per heavy atom. The molecule has 0 atom stereocenters. The van der Waals surface area contributed by atoms with E-state index in [0.717, 1.165) is 0 Å². The van der Waals surface area contributed by atoms with E-state index in [1.165, 1.54) is 12.1 Å². The number of halogens is 3. The van der Waals surface area contributed by atoms with Crippen molar-refractivity contribution >= 4 is 5.69 Å². The maximum Gasteiger partial charge on any atom is 0.573 e. The maximum atomic E-state index is 12.1. The lowest BCUT2D eigenvalue weighted by Crippen LogP contribution is -2.19. The Labute approximate surface area is 91.6 Å². The molecule has 2 N–H and O–H groups in total. The number of hydrogen-bond acceptors (Lipinski definition) is 3. The third-order valence-electron chi connectivity index (χ3n) is 2.01. The van der Waals surface area contributed by atoms with Crippen LogP contribution in [0.2, 0.25) is 0 Å². The molecule has 0 aliphatic carbocycles. The quantitative estimate of drug-likeness (QED) is 0.870. The van der Waals surface area contributed by atoms with E-state index in [4.69, 9.17) is 5.73 Å². The Hall–Kier alpha value is -1.43. The van der Waals surface area contributed by atoms with Crippen LogP contribution in [0.1, 0.15) is 5.56 Å². The molecule has 1 aromatic carbocycles. The molecule has 0 bridgehead atoms. The van der Waals surface area contributed by atoms with Gasteiger partial charge in [0.1, 0.15) is 5.75 Å². The van der Waals surface area contributed by atoms with Gasteiger partial charge in [0.25, 0.3) is 0 Å². The maximum absolute atomic E-state index is 12.1. The number of anilines is 1. The molecule has 0 aromatic heterocycles. The van der Waals surface area contributed by atoms with Crippen LogP contribution in [0.25, 0.3) is 0 Å². The Morgan fingerprint density at radius 2 is 1.94 bits per heavy atom. The summed E-state index contributed by atoms with van der Waals surface area (Å²) in [6, 6.07) is 4.53. The highest BCUT2D eigenvalue weighted by molar-refractivity contribution is 5.52. The van der Waals surface area contributed by atoms with Crippen molar-refractivity contribution in [1.29, 1.82) is 0 Å². The second-order valence-corrected chi connectivity index (χ2v) is 3.44. The highest BCUT2D eigenvalue weighted by atomic mass is 19.4. The topological polar surface area (TPSA) is 38.5 Å². The second kappa shape index (κ2) is 4.61. The van der Waals surface area contributed by atoms with Crippen molar-refractivity contribution in [2.45, 2.75) is 12.9 Å². The Morgan fingerprint density at radius 1 is 1.31 bits per heavy atom. The summed E-state index contributed by atoms with van der Waals surface area (Å²) in [6.07, 6.45) is -4.70. The third kappa shape index (κ3) is 3.30. The first-order chi connectivity index (χ1) is 7.33. The van der Waals surface area contributed by atoms with E-state index in [2.05, 4.69) is 4.74 Å². The van der Waals surface area contributed by atoms with Crippen LogP contribution in [0.4, 0.5) is 18.9 Å². The molecule has 0 aliphatic heterocycles. The summed E-state index contributed by atoms with van der Waals surface area (Å²) >= 11 is 0. The number of ether oxygens (including phenoxy) is 1. The van der Waals surface area contributed by atoms with Crippen molar-refractivity contribution in [1.82, 2.24) is 0 Å². The van der Waals surface area contributed by atoms with Gasteiger partial charge in [-0.25, -0.2) is 0 Å². The molecule has 90 valence electrons. The first kappa shape index (κ1) is 12.6. The van der Waals surface area contributed by atoms with Gasteiger partial charge >= 0.3 is 6.36 Å². The average Bonchev–Trinajstić information content (AvgIpc) is 2.15. The largest absolute Gasteiger partial charge is 0.573 e. The molecule has 1 rings (SSSR count). The number of rotatable bonds is 3. The minimum atomic E-state index is -4.70. The number of nitrogens with zero attached hydrogens (tertiary/aromatic N) is 1. The van der Waals surface area contributed by atoms with E-state index in [9.17, 15) is 13.2 Å². The molecule has 0 radical (unpaired) electrons. The minimum absolute atomic E-state index is 0.000871. The van der Waals surface area contributed by atoms with Crippen LogP contribution >= 0.6 is 0 Å². The lowest BCUT2D eigenvalue weighted by atomic mass is 10.1. The zero-order chi connectivity index (χ0) is 12.3. The van der Waals surface area contributed by atoms with Gasteiger partial charge in [-0.2, -0.15) is 0 Å². The summed E-state index contributed by atoms with van der Waals surface area (Å²) in [7, 11) is 3.46. The van der Waals surface area contributed by atoms with Crippen LogP contribution in [0.3, 0.4) is 0 Å². The molecule has 0 amide bonds. The predicted octanol–water partition coefficient (Wildman–Crippen LogP) is 2.11. The predicted molar refractivity (Wildman–Crippen MR) is 55.3 cm³/mol. The minimum Gasteiger partial charge on any atom is -0.405 e. The summed E-state index contributed by atoms with van der Waals surface area (Å²) in [4.78, 5) is 1.68. The van der Waals surface area contributed by atoms with Crippen molar-refractivity contribution in [2.75, 3.05) is 19.0 Å². The van der Waals surface area contributed by atoms with Gasteiger partial charge in [-0.05, 0) is 6.07 Å². The highest BCUT2D eigenvalue weighted by Crippen LogP contribution is 2.29. The number of alkyl halides is 3. The highest BCUT2D eigenvalue weighted by Gasteiger charge is 2.32. The lowest BCUT2D eigenvalue weighted by molar-refractivity contribution is -0.274. The Bertz CT molecular complexity index is 364. The Balaban J connectivity index is 3.07. The fourth-order valence-electron chi connectivity index (χ4n) is 1.21. The normalized spacial score (nSPS) is 11.4. The molecule has 0 unspecified atom stereocenters.